The van der Waals surface area contributed by atoms with Gasteiger partial charge < -0.3 is 10.5 Å². The maximum Gasteiger partial charge on any atom is 0.123 e. The number of hydrogen-bond acceptors (Lipinski definition) is 2. The third-order valence-corrected chi connectivity index (χ3v) is 2.59. The van der Waals surface area contributed by atoms with Crippen LogP contribution in [0.25, 0.3) is 0 Å². The van der Waals surface area contributed by atoms with Gasteiger partial charge in [0, 0.05) is 13.5 Å². The van der Waals surface area contributed by atoms with Crippen molar-refractivity contribution in [2.75, 3.05) is 7.11 Å². The van der Waals surface area contributed by atoms with Gasteiger partial charge in [-0.05, 0) is 23.3 Å². The van der Waals surface area contributed by atoms with Gasteiger partial charge in [-0.2, -0.15) is 0 Å². The molecule has 0 saturated carbocycles. The smallest absolute Gasteiger partial charge is 0.123 e. The molecule has 1 aromatic carbocycles. The average molecular weight is 181 g/mol. The fraction of sp³-hybridized carbons (Fsp3) is 0.400. The Morgan fingerprint density at radius 1 is 1.54 bits per heavy atom. The van der Waals surface area contributed by atoms with Gasteiger partial charge in [0.25, 0.3) is 0 Å². The molecule has 2 N–H and O–H groups in total. The zero-order valence-electron chi connectivity index (χ0n) is 7.46. The Bertz CT molecular complexity index is 327. The van der Waals surface area contributed by atoms with Gasteiger partial charge in [-0.15, -0.1) is 0 Å². The summed E-state index contributed by atoms with van der Waals surface area (Å²) < 4.78 is 18.1. The van der Waals surface area contributed by atoms with Gasteiger partial charge in [-0.3, -0.25) is 0 Å². The minimum atomic E-state index is -0.231. The van der Waals surface area contributed by atoms with Gasteiger partial charge in [0.05, 0.1) is 12.1 Å². The second kappa shape index (κ2) is 3.09. The van der Waals surface area contributed by atoms with Crippen LogP contribution in [0.2, 0.25) is 0 Å². The first-order valence-electron chi connectivity index (χ1n) is 4.29. The maximum atomic E-state index is 12.9. The van der Waals surface area contributed by atoms with Crippen LogP contribution in [0.15, 0.2) is 18.2 Å². The molecule has 1 aliphatic rings. The van der Waals surface area contributed by atoms with E-state index in [4.69, 9.17) is 10.5 Å². The van der Waals surface area contributed by atoms with Crippen molar-refractivity contribution < 1.29 is 9.13 Å². The zero-order chi connectivity index (χ0) is 9.42. The molecule has 0 aromatic heterocycles. The summed E-state index contributed by atoms with van der Waals surface area (Å²) in [7, 11) is 1.63. The van der Waals surface area contributed by atoms with Crippen LogP contribution < -0.4 is 5.73 Å². The molecule has 0 amide bonds. The lowest BCUT2D eigenvalue weighted by molar-refractivity contribution is 0.0907. The van der Waals surface area contributed by atoms with Crippen molar-refractivity contribution in [2.45, 2.75) is 18.6 Å². The number of ether oxygens (including phenoxy) is 1. The quantitative estimate of drug-likeness (QED) is 0.710. The SMILES string of the molecule is COC1Cc2ccc(F)cc2C1N. The van der Waals surface area contributed by atoms with E-state index in [0.717, 1.165) is 17.5 Å². The van der Waals surface area contributed by atoms with E-state index in [1.807, 2.05) is 0 Å². The molecule has 13 heavy (non-hydrogen) atoms. The van der Waals surface area contributed by atoms with Gasteiger partial charge in [0.15, 0.2) is 0 Å². The second-order valence-corrected chi connectivity index (χ2v) is 3.35. The number of methoxy groups -OCH3 is 1. The van der Waals surface area contributed by atoms with Crippen molar-refractivity contribution in [3.8, 4) is 0 Å². The zero-order valence-corrected chi connectivity index (χ0v) is 7.46. The van der Waals surface area contributed by atoms with Crippen molar-refractivity contribution in [3.63, 3.8) is 0 Å². The molecule has 2 atom stereocenters. The fourth-order valence-electron chi connectivity index (χ4n) is 1.84. The van der Waals surface area contributed by atoms with Crippen molar-refractivity contribution in [2.24, 2.45) is 5.73 Å². The van der Waals surface area contributed by atoms with Crippen LogP contribution in [0.3, 0.4) is 0 Å². The van der Waals surface area contributed by atoms with Gasteiger partial charge in [0.1, 0.15) is 5.82 Å². The highest BCUT2D eigenvalue weighted by Crippen LogP contribution is 2.31. The van der Waals surface area contributed by atoms with E-state index in [0.29, 0.717) is 0 Å². The lowest BCUT2D eigenvalue weighted by Gasteiger charge is -2.13. The first-order valence-corrected chi connectivity index (χ1v) is 4.29. The highest BCUT2D eigenvalue weighted by Gasteiger charge is 2.29. The summed E-state index contributed by atoms with van der Waals surface area (Å²) in [4.78, 5) is 0. The highest BCUT2D eigenvalue weighted by molar-refractivity contribution is 5.36. The van der Waals surface area contributed by atoms with E-state index in [2.05, 4.69) is 0 Å². The maximum absolute atomic E-state index is 12.9. The Kier molecular flexibility index (Phi) is 2.06. The molecule has 2 unspecified atom stereocenters. The standard InChI is InChI=1S/C10H12FNO/c1-13-9-4-6-2-3-7(11)5-8(6)10(9)12/h2-3,5,9-10H,4,12H2,1H3. The van der Waals surface area contributed by atoms with Crippen molar-refractivity contribution >= 4 is 0 Å². The number of benzene rings is 1. The van der Waals surface area contributed by atoms with Crippen LogP contribution >= 0.6 is 0 Å². The van der Waals surface area contributed by atoms with Crippen LogP contribution in [-0.2, 0) is 11.2 Å². The number of halogens is 1. The van der Waals surface area contributed by atoms with E-state index in [-0.39, 0.29) is 18.0 Å². The van der Waals surface area contributed by atoms with Crippen molar-refractivity contribution in [1.82, 2.24) is 0 Å². The number of fused-ring (bicyclic) bond motifs is 1. The molecule has 70 valence electrons. The predicted molar refractivity (Wildman–Crippen MR) is 47.8 cm³/mol. The van der Waals surface area contributed by atoms with E-state index in [9.17, 15) is 4.39 Å². The summed E-state index contributed by atoms with van der Waals surface area (Å²) in [6.45, 7) is 0. The van der Waals surface area contributed by atoms with Gasteiger partial charge in [0.2, 0.25) is 0 Å². The molecule has 2 rings (SSSR count). The lowest BCUT2D eigenvalue weighted by Crippen LogP contribution is -2.23. The van der Waals surface area contributed by atoms with E-state index in [1.165, 1.54) is 12.1 Å². The summed E-state index contributed by atoms with van der Waals surface area (Å²) in [5.41, 5.74) is 7.86. The molecular formula is C10H12FNO. The van der Waals surface area contributed by atoms with E-state index in [1.54, 1.807) is 13.2 Å². The second-order valence-electron chi connectivity index (χ2n) is 3.35. The summed E-state index contributed by atoms with van der Waals surface area (Å²) in [5, 5.41) is 0. The first-order chi connectivity index (χ1) is 6.22. The highest BCUT2D eigenvalue weighted by atomic mass is 19.1. The van der Waals surface area contributed by atoms with E-state index >= 15 is 0 Å². The largest absolute Gasteiger partial charge is 0.379 e. The predicted octanol–water partition coefficient (Wildman–Crippen LogP) is 1.40. The molecule has 2 nitrogen and oxygen atoms in total. The summed E-state index contributed by atoms with van der Waals surface area (Å²) in [5.74, 6) is -0.231. The Morgan fingerprint density at radius 3 is 3.00 bits per heavy atom. The topological polar surface area (TPSA) is 35.2 Å². The van der Waals surface area contributed by atoms with Crippen molar-refractivity contribution in [3.05, 3.63) is 35.1 Å². The average Bonchev–Trinajstić information content (AvgIpc) is 2.44. The number of rotatable bonds is 1. The normalized spacial score (nSPS) is 26.1. The van der Waals surface area contributed by atoms with Crippen LogP contribution in [0.5, 0.6) is 0 Å². The molecule has 1 aromatic rings. The molecule has 0 radical (unpaired) electrons. The third-order valence-electron chi connectivity index (χ3n) is 2.59. The van der Waals surface area contributed by atoms with Crippen LogP contribution in [0.1, 0.15) is 17.2 Å². The summed E-state index contributed by atoms with van der Waals surface area (Å²) in [6.07, 6.45) is 0.782. The Hall–Kier alpha value is -0.930. The molecule has 0 heterocycles. The minimum Gasteiger partial charge on any atom is -0.379 e. The Morgan fingerprint density at radius 2 is 2.31 bits per heavy atom. The molecule has 3 heteroatoms. The number of nitrogens with two attached hydrogens (primary N) is 1. The van der Waals surface area contributed by atoms with Gasteiger partial charge >= 0.3 is 0 Å². The minimum absolute atomic E-state index is 0.00296. The molecular weight excluding hydrogens is 169 g/mol. The van der Waals surface area contributed by atoms with Crippen LogP contribution in [0, 0.1) is 5.82 Å². The monoisotopic (exact) mass is 181 g/mol. The molecule has 0 spiro atoms. The van der Waals surface area contributed by atoms with E-state index < -0.39 is 0 Å². The van der Waals surface area contributed by atoms with Gasteiger partial charge in [-0.25, -0.2) is 4.39 Å². The third kappa shape index (κ3) is 1.34. The Labute approximate surface area is 76.5 Å². The Balaban J connectivity index is 2.39. The number of hydrogen-bond donors (Lipinski definition) is 1. The van der Waals surface area contributed by atoms with Crippen LogP contribution in [0.4, 0.5) is 4.39 Å². The van der Waals surface area contributed by atoms with Crippen LogP contribution in [-0.4, -0.2) is 13.2 Å². The molecule has 0 saturated heterocycles. The lowest BCUT2D eigenvalue weighted by atomic mass is 10.1. The summed E-state index contributed by atoms with van der Waals surface area (Å²) in [6, 6.07) is 4.56. The van der Waals surface area contributed by atoms with Gasteiger partial charge in [-0.1, -0.05) is 6.07 Å². The molecule has 1 aliphatic carbocycles. The molecule has 0 aliphatic heterocycles. The van der Waals surface area contributed by atoms with Crippen molar-refractivity contribution in [1.29, 1.82) is 0 Å². The molecule has 0 bridgehead atoms. The summed E-state index contributed by atoms with van der Waals surface area (Å²) >= 11 is 0. The first kappa shape index (κ1) is 8.66. The molecule has 0 fully saturated rings. The fourth-order valence-corrected chi connectivity index (χ4v) is 1.84.